The van der Waals surface area contributed by atoms with Gasteiger partial charge in [0.1, 0.15) is 17.8 Å². The second-order valence-electron chi connectivity index (χ2n) is 4.23. The highest BCUT2D eigenvalue weighted by molar-refractivity contribution is 5.46. The summed E-state index contributed by atoms with van der Waals surface area (Å²) < 4.78 is 0. The minimum absolute atomic E-state index is 0.0248. The first-order chi connectivity index (χ1) is 9.13. The van der Waals surface area contributed by atoms with Gasteiger partial charge in [-0.05, 0) is 17.3 Å². The Balaban J connectivity index is 2.16. The molecule has 0 spiro atoms. The standard InChI is InChI=1S/C14H14N2O3/c17-14(18,12-8-4-5-9-13(12)16-19)15-10-11-6-2-1-3-7-11/h1-9,15,17-18H,10H2/p+1. The van der Waals surface area contributed by atoms with Crippen LogP contribution in [-0.4, -0.2) is 10.2 Å². The van der Waals surface area contributed by atoms with Gasteiger partial charge in [-0.3, -0.25) is 5.32 Å². The van der Waals surface area contributed by atoms with Crippen molar-refractivity contribution >= 4 is 5.69 Å². The molecule has 0 unspecified atom stereocenters. The molecule has 2 aromatic carbocycles. The lowest BCUT2D eigenvalue weighted by molar-refractivity contribution is -0.835. The van der Waals surface area contributed by atoms with Gasteiger partial charge in [-0.2, -0.15) is 0 Å². The molecule has 2 aromatic rings. The third-order valence-electron chi connectivity index (χ3n) is 2.86. The van der Waals surface area contributed by atoms with Crippen molar-refractivity contribution in [1.29, 1.82) is 0 Å². The molecule has 0 saturated carbocycles. The first-order valence-electron chi connectivity index (χ1n) is 5.89. The lowest BCUT2D eigenvalue weighted by Gasteiger charge is -2.20. The molecule has 5 nitrogen and oxygen atoms in total. The van der Waals surface area contributed by atoms with Gasteiger partial charge >= 0.3 is 5.91 Å². The summed E-state index contributed by atoms with van der Waals surface area (Å²) in [4.78, 5) is 10.7. The lowest BCUT2D eigenvalue weighted by atomic mass is 10.1. The molecule has 0 amide bonds. The summed E-state index contributed by atoms with van der Waals surface area (Å²) in [6.07, 6.45) is 0. The van der Waals surface area contributed by atoms with Gasteiger partial charge in [-0.1, -0.05) is 42.5 Å². The van der Waals surface area contributed by atoms with Gasteiger partial charge in [-0.15, -0.1) is 4.91 Å². The summed E-state index contributed by atoms with van der Waals surface area (Å²) in [6.45, 7) is 0.376. The zero-order chi connectivity index (χ0) is 13.7. The molecule has 0 aliphatic carbocycles. The second-order valence-corrected chi connectivity index (χ2v) is 4.23. The summed E-state index contributed by atoms with van der Waals surface area (Å²) in [5, 5.41) is 24.3. The normalized spacial score (nSPS) is 11.3. The summed E-state index contributed by atoms with van der Waals surface area (Å²) in [5.41, 5.74) is 1.06. The summed E-state index contributed by atoms with van der Waals surface area (Å²) in [5.74, 6) is -2.18. The van der Waals surface area contributed by atoms with E-state index in [-0.39, 0.29) is 11.3 Å². The van der Waals surface area contributed by atoms with Crippen LogP contribution in [0.1, 0.15) is 11.1 Å². The van der Waals surface area contributed by atoms with E-state index in [1.807, 2.05) is 30.3 Å². The molecule has 5 heteroatoms. The molecule has 2 rings (SSSR count). The van der Waals surface area contributed by atoms with Crippen LogP contribution in [0.25, 0.3) is 0 Å². The smallest absolute Gasteiger partial charge is 0.315 e. The first kappa shape index (κ1) is 13.4. The van der Waals surface area contributed by atoms with Gasteiger partial charge in [0, 0.05) is 5.56 Å². The van der Waals surface area contributed by atoms with Gasteiger partial charge < -0.3 is 10.2 Å². The predicted molar refractivity (Wildman–Crippen MR) is 70.1 cm³/mol. The van der Waals surface area contributed by atoms with Crippen LogP contribution in [0.2, 0.25) is 0 Å². The van der Waals surface area contributed by atoms with Crippen LogP contribution in [0.3, 0.4) is 0 Å². The van der Waals surface area contributed by atoms with Crippen molar-refractivity contribution < 1.29 is 15.5 Å². The highest BCUT2D eigenvalue weighted by Crippen LogP contribution is 2.23. The molecule has 0 atom stereocenters. The number of benzene rings is 2. The molecule has 0 bridgehead atoms. The number of rotatable bonds is 5. The molecule has 0 heterocycles. The Morgan fingerprint density at radius 2 is 1.63 bits per heavy atom. The van der Waals surface area contributed by atoms with Crippen LogP contribution >= 0.6 is 0 Å². The molecule has 0 aliphatic rings. The van der Waals surface area contributed by atoms with E-state index < -0.39 is 5.91 Å². The van der Waals surface area contributed by atoms with Crippen LogP contribution < -0.4 is 5.32 Å². The van der Waals surface area contributed by atoms with E-state index in [1.165, 1.54) is 17.4 Å². The van der Waals surface area contributed by atoms with Crippen molar-refractivity contribution in [3.8, 4) is 0 Å². The number of nitrogens with two attached hydrogens (primary N) is 1. The number of quaternary nitrogens is 1. The largest absolute Gasteiger partial charge is 0.342 e. The minimum Gasteiger partial charge on any atom is -0.315 e. The predicted octanol–water partition coefficient (Wildman–Crippen LogP) is 0.943. The number of nitroso groups, excluding NO2 is 1. The molecular formula is C14H15N2O3+. The number of hydrogen-bond acceptors (Lipinski definition) is 4. The van der Waals surface area contributed by atoms with Crippen molar-refractivity contribution in [1.82, 2.24) is 0 Å². The summed E-state index contributed by atoms with van der Waals surface area (Å²) in [6, 6.07) is 15.6. The van der Waals surface area contributed by atoms with Crippen LogP contribution in [-0.2, 0) is 12.5 Å². The van der Waals surface area contributed by atoms with E-state index in [4.69, 9.17) is 0 Å². The maximum absolute atomic E-state index is 10.7. The fraction of sp³-hybridized carbons (Fsp3) is 0.143. The molecule has 0 radical (unpaired) electrons. The molecule has 4 N–H and O–H groups in total. The number of hydrogen-bond donors (Lipinski definition) is 3. The van der Waals surface area contributed by atoms with E-state index >= 15 is 0 Å². The van der Waals surface area contributed by atoms with E-state index in [0.29, 0.717) is 6.54 Å². The summed E-state index contributed by atoms with van der Waals surface area (Å²) in [7, 11) is 0. The minimum atomic E-state index is -2.18. The Morgan fingerprint density at radius 3 is 2.32 bits per heavy atom. The van der Waals surface area contributed by atoms with Crippen molar-refractivity contribution in [2.24, 2.45) is 5.18 Å². The Bertz CT molecular complexity index is 556. The van der Waals surface area contributed by atoms with Crippen molar-refractivity contribution in [3.05, 3.63) is 70.6 Å². The molecule has 0 saturated heterocycles. The SMILES string of the molecule is O=Nc1ccccc1C(O)(O)[NH2+]Cc1ccccc1. The Labute approximate surface area is 110 Å². The van der Waals surface area contributed by atoms with Crippen molar-refractivity contribution in [2.75, 3.05) is 0 Å². The van der Waals surface area contributed by atoms with Crippen LogP contribution in [0, 0.1) is 4.91 Å². The van der Waals surface area contributed by atoms with Crippen molar-refractivity contribution in [3.63, 3.8) is 0 Å². The average Bonchev–Trinajstić information content (AvgIpc) is 2.46. The molecule has 0 aliphatic heterocycles. The molecular weight excluding hydrogens is 244 g/mol. The average molecular weight is 259 g/mol. The molecule has 98 valence electrons. The van der Waals surface area contributed by atoms with Gasteiger partial charge in [0.2, 0.25) is 0 Å². The highest BCUT2D eigenvalue weighted by atomic mass is 16.5. The Kier molecular flexibility index (Phi) is 4.01. The Morgan fingerprint density at radius 1 is 1.00 bits per heavy atom. The van der Waals surface area contributed by atoms with Gasteiger partial charge in [0.15, 0.2) is 0 Å². The lowest BCUT2D eigenvalue weighted by Crippen LogP contribution is -2.94. The maximum atomic E-state index is 10.7. The molecule has 0 fully saturated rings. The molecule has 19 heavy (non-hydrogen) atoms. The number of nitrogens with zero attached hydrogens (tertiary/aromatic N) is 1. The van der Waals surface area contributed by atoms with Gasteiger partial charge in [0.05, 0.1) is 0 Å². The zero-order valence-electron chi connectivity index (χ0n) is 10.2. The van der Waals surface area contributed by atoms with E-state index in [2.05, 4.69) is 5.18 Å². The Hall–Kier alpha value is -2.08. The first-order valence-corrected chi connectivity index (χ1v) is 5.89. The second kappa shape index (κ2) is 5.71. The topological polar surface area (TPSA) is 86.5 Å². The zero-order valence-corrected chi connectivity index (χ0v) is 10.2. The molecule has 0 aromatic heterocycles. The van der Waals surface area contributed by atoms with Crippen LogP contribution in [0.4, 0.5) is 5.69 Å². The third-order valence-corrected chi connectivity index (χ3v) is 2.86. The van der Waals surface area contributed by atoms with Crippen LogP contribution in [0.5, 0.6) is 0 Å². The number of aliphatic hydroxyl groups is 2. The van der Waals surface area contributed by atoms with Crippen molar-refractivity contribution in [2.45, 2.75) is 12.5 Å². The highest BCUT2D eigenvalue weighted by Gasteiger charge is 2.33. The van der Waals surface area contributed by atoms with E-state index in [1.54, 1.807) is 12.1 Å². The quantitative estimate of drug-likeness (QED) is 0.551. The van der Waals surface area contributed by atoms with E-state index in [0.717, 1.165) is 5.56 Å². The maximum Gasteiger partial charge on any atom is 0.342 e. The third kappa shape index (κ3) is 3.23. The fourth-order valence-corrected chi connectivity index (χ4v) is 1.85. The van der Waals surface area contributed by atoms with Gasteiger partial charge in [0.25, 0.3) is 0 Å². The van der Waals surface area contributed by atoms with Crippen LogP contribution in [0.15, 0.2) is 59.8 Å². The van der Waals surface area contributed by atoms with Gasteiger partial charge in [-0.25, -0.2) is 0 Å². The monoisotopic (exact) mass is 259 g/mol. The summed E-state index contributed by atoms with van der Waals surface area (Å²) >= 11 is 0. The fourth-order valence-electron chi connectivity index (χ4n) is 1.85. The van der Waals surface area contributed by atoms with E-state index in [9.17, 15) is 15.1 Å².